The van der Waals surface area contributed by atoms with E-state index in [9.17, 15) is 13.2 Å². The van der Waals surface area contributed by atoms with Crippen molar-refractivity contribution in [1.82, 2.24) is 5.32 Å². The van der Waals surface area contributed by atoms with Gasteiger partial charge in [-0.05, 0) is 6.07 Å². The highest BCUT2D eigenvalue weighted by atomic mass is 35.5. The second-order valence-corrected chi connectivity index (χ2v) is 3.74. The molecule has 0 saturated heterocycles. The van der Waals surface area contributed by atoms with Gasteiger partial charge in [-0.25, -0.2) is 13.2 Å². The summed E-state index contributed by atoms with van der Waals surface area (Å²) in [5.41, 5.74) is 0.209. The molecule has 0 atom stereocenters. The molecule has 1 aromatic carbocycles. The Bertz CT molecular complexity index is 360. The van der Waals surface area contributed by atoms with E-state index in [0.29, 0.717) is 0 Å². The Hall–Kier alpha value is -0.780. The molecule has 0 fully saturated rings. The molecule has 16 heavy (non-hydrogen) atoms. The topological polar surface area (TPSA) is 32.3 Å². The first-order chi connectivity index (χ1) is 7.46. The lowest BCUT2D eigenvalue weighted by atomic mass is 10.2. The van der Waals surface area contributed by atoms with Crippen molar-refractivity contribution in [1.29, 1.82) is 0 Å². The fourth-order valence-corrected chi connectivity index (χ4v) is 1.32. The molecule has 0 aliphatic rings. The fraction of sp³-hybridized carbons (Fsp3) is 0.400. The standard InChI is InChI=1S/C10H11ClF3NO/c11-8-3-1-2-7(9(8)12)4-15-5-10(13,14)6-16/h1-3,15-16H,4-6H2. The summed E-state index contributed by atoms with van der Waals surface area (Å²) in [7, 11) is 0. The van der Waals surface area contributed by atoms with Crippen LogP contribution in [0.4, 0.5) is 13.2 Å². The number of hydrogen-bond acceptors (Lipinski definition) is 2. The van der Waals surface area contributed by atoms with Crippen molar-refractivity contribution in [2.45, 2.75) is 12.5 Å². The van der Waals surface area contributed by atoms with E-state index in [2.05, 4.69) is 5.32 Å². The Morgan fingerprint density at radius 3 is 2.69 bits per heavy atom. The zero-order valence-corrected chi connectivity index (χ0v) is 9.07. The lowest BCUT2D eigenvalue weighted by molar-refractivity contribution is -0.0478. The molecular formula is C10H11ClF3NO. The molecule has 0 aliphatic carbocycles. The smallest absolute Gasteiger partial charge is 0.282 e. The van der Waals surface area contributed by atoms with Gasteiger partial charge in [0.1, 0.15) is 12.4 Å². The third-order valence-corrected chi connectivity index (χ3v) is 2.25. The van der Waals surface area contributed by atoms with Gasteiger partial charge < -0.3 is 10.4 Å². The molecule has 0 saturated carbocycles. The minimum Gasteiger partial charge on any atom is -0.390 e. The lowest BCUT2D eigenvalue weighted by Crippen LogP contribution is -2.35. The van der Waals surface area contributed by atoms with Crippen LogP contribution in [0.15, 0.2) is 18.2 Å². The molecule has 2 nitrogen and oxygen atoms in total. The highest BCUT2D eigenvalue weighted by molar-refractivity contribution is 6.30. The van der Waals surface area contributed by atoms with Crippen LogP contribution < -0.4 is 5.32 Å². The first-order valence-electron chi connectivity index (χ1n) is 4.58. The van der Waals surface area contributed by atoms with E-state index in [0.717, 1.165) is 0 Å². The number of benzene rings is 1. The van der Waals surface area contributed by atoms with E-state index in [4.69, 9.17) is 16.7 Å². The van der Waals surface area contributed by atoms with Gasteiger partial charge in [-0.2, -0.15) is 0 Å². The quantitative estimate of drug-likeness (QED) is 0.843. The maximum absolute atomic E-state index is 13.3. The van der Waals surface area contributed by atoms with E-state index < -0.39 is 24.9 Å². The molecule has 2 N–H and O–H groups in total. The number of nitrogens with one attached hydrogen (secondary N) is 1. The van der Waals surface area contributed by atoms with Crippen LogP contribution in [-0.4, -0.2) is 24.2 Å². The van der Waals surface area contributed by atoms with Crippen molar-refractivity contribution in [3.05, 3.63) is 34.6 Å². The molecule has 90 valence electrons. The van der Waals surface area contributed by atoms with Crippen LogP contribution in [0.25, 0.3) is 0 Å². The van der Waals surface area contributed by atoms with E-state index >= 15 is 0 Å². The van der Waals surface area contributed by atoms with Gasteiger partial charge in [0.05, 0.1) is 11.6 Å². The Morgan fingerprint density at radius 2 is 2.06 bits per heavy atom. The third kappa shape index (κ3) is 3.66. The van der Waals surface area contributed by atoms with Crippen LogP contribution >= 0.6 is 11.6 Å². The SMILES string of the molecule is OCC(F)(F)CNCc1cccc(Cl)c1F. The molecule has 0 heterocycles. The molecule has 0 aromatic heterocycles. The van der Waals surface area contributed by atoms with Crippen molar-refractivity contribution >= 4 is 11.6 Å². The third-order valence-electron chi connectivity index (χ3n) is 1.96. The Morgan fingerprint density at radius 1 is 1.38 bits per heavy atom. The highest BCUT2D eigenvalue weighted by Crippen LogP contribution is 2.18. The van der Waals surface area contributed by atoms with Gasteiger partial charge in [0.15, 0.2) is 0 Å². The number of rotatable bonds is 5. The van der Waals surface area contributed by atoms with Crippen LogP contribution in [0.1, 0.15) is 5.56 Å². The van der Waals surface area contributed by atoms with Crippen molar-refractivity contribution < 1.29 is 18.3 Å². The monoisotopic (exact) mass is 253 g/mol. The summed E-state index contributed by atoms with van der Waals surface area (Å²) in [5, 5.41) is 10.6. The van der Waals surface area contributed by atoms with E-state index in [-0.39, 0.29) is 17.1 Å². The van der Waals surface area contributed by atoms with Gasteiger partial charge in [0, 0.05) is 12.1 Å². The second kappa shape index (κ2) is 5.52. The van der Waals surface area contributed by atoms with Gasteiger partial charge in [-0.3, -0.25) is 0 Å². The van der Waals surface area contributed by atoms with Crippen LogP contribution in [-0.2, 0) is 6.54 Å². The molecule has 0 aliphatic heterocycles. The summed E-state index contributed by atoms with van der Waals surface area (Å²) in [6.07, 6.45) is 0. The maximum Gasteiger partial charge on any atom is 0.282 e. The maximum atomic E-state index is 13.3. The van der Waals surface area contributed by atoms with Gasteiger partial charge in [0.25, 0.3) is 5.92 Å². The highest BCUT2D eigenvalue weighted by Gasteiger charge is 2.26. The number of aliphatic hydroxyl groups excluding tert-OH is 1. The van der Waals surface area contributed by atoms with Crippen molar-refractivity contribution in [2.24, 2.45) is 0 Å². The minimum atomic E-state index is -3.20. The average Bonchev–Trinajstić information content (AvgIpc) is 2.24. The average molecular weight is 254 g/mol. The number of aliphatic hydroxyl groups is 1. The first kappa shape index (κ1) is 13.3. The predicted octanol–water partition coefficient (Wildman–Crippen LogP) is 2.20. The molecular weight excluding hydrogens is 243 g/mol. The zero-order chi connectivity index (χ0) is 12.2. The van der Waals surface area contributed by atoms with Crippen LogP contribution in [0.2, 0.25) is 5.02 Å². The molecule has 0 radical (unpaired) electrons. The Kier molecular flexibility index (Phi) is 4.58. The molecule has 6 heteroatoms. The van der Waals surface area contributed by atoms with E-state index in [1.54, 1.807) is 0 Å². The van der Waals surface area contributed by atoms with Crippen LogP contribution in [0.5, 0.6) is 0 Å². The second-order valence-electron chi connectivity index (χ2n) is 3.33. The van der Waals surface area contributed by atoms with Crippen molar-refractivity contribution in [3.8, 4) is 0 Å². The number of hydrogen-bond donors (Lipinski definition) is 2. The normalized spacial score (nSPS) is 11.8. The molecule has 0 spiro atoms. The molecule has 1 aromatic rings. The summed E-state index contributed by atoms with van der Waals surface area (Å²) >= 11 is 5.52. The lowest BCUT2D eigenvalue weighted by Gasteiger charge is -2.14. The van der Waals surface area contributed by atoms with Crippen LogP contribution in [0, 0.1) is 5.82 Å². The largest absolute Gasteiger partial charge is 0.390 e. The van der Waals surface area contributed by atoms with Gasteiger partial charge in [-0.1, -0.05) is 23.7 Å². The Labute approximate surface area is 96.0 Å². The van der Waals surface area contributed by atoms with Crippen molar-refractivity contribution in [2.75, 3.05) is 13.2 Å². The molecule has 0 unspecified atom stereocenters. The summed E-state index contributed by atoms with van der Waals surface area (Å²) in [6.45, 7) is -2.02. The fourth-order valence-electron chi connectivity index (χ4n) is 1.12. The summed E-state index contributed by atoms with van der Waals surface area (Å²) in [6, 6.07) is 4.36. The number of alkyl halides is 2. The predicted molar refractivity (Wildman–Crippen MR) is 55.1 cm³/mol. The van der Waals surface area contributed by atoms with Gasteiger partial charge in [-0.15, -0.1) is 0 Å². The van der Waals surface area contributed by atoms with Gasteiger partial charge >= 0.3 is 0 Å². The van der Waals surface area contributed by atoms with Gasteiger partial charge in [0.2, 0.25) is 0 Å². The minimum absolute atomic E-state index is 0.0479. The first-order valence-corrected chi connectivity index (χ1v) is 4.96. The molecule has 0 bridgehead atoms. The van der Waals surface area contributed by atoms with E-state index in [1.807, 2.05) is 0 Å². The summed E-state index contributed by atoms with van der Waals surface area (Å²) in [5.74, 6) is -3.82. The number of halogens is 4. The molecule has 1 rings (SSSR count). The summed E-state index contributed by atoms with van der Waals surface area (Å²) < 4.78 is 38.5. The zero-order valence-electron chi connectivity index (χ0n) is 8.31. The molecule has 0 amide bonds. The van der Waals surface area contributed by atoms with E-state index in [1.165, 1.54) is 18.2 Å². The van der Waals surface area contributed by atoms with Crippen molar-refractivity contribution in [3.63, 3.8) is 0 Å². The summed E-state index contributed by atoms with van der Waals surface area (Å²) in [4.78, 5) is 0. The van der Waals surface area contributed by atoms with Crippen LogP contribution in [0.3, 0.4) is 0 Å². The Balaban J connectivity index is 2.53.